The smallest absolute Gasteiger partial charge is 0.384 e. The number of aliphatic hydroxyl groups excluding tert-OH is 1. The number of benzene rings is 1. The van der Waals surface area contributed by atoms with E-state index in [1.165, 1.54) is 0 Å². The molecule has 0 heterocycles. The number of rotatable bonds is 3. The van der Waals surface area contributed by atoms with Crippen LogP contribution in [0.5, 0.6) is 0 Å². The Labute approximate surface area is 86.5 Å². The molecule has 0 aliphatic carbocycles. The molecule has 0 saturated heterocycles. The van der Waals surface area contributed by atoms with Gasteiger partial charge in [0.05, 0.1) is 0 Å². The van der Waals surface area contributed by atoms with Crippen molar-refractivity contribution in [2.24, 2.45) is 0 Å². The van der Waals surface area contributed by atoms with E-state index in [0.29, 0.717) is 0 Å². The summed E-state index contributed by atoms with van der Waals surface area (Å²) in [6.45, 7) is 1.91. The Balaban J connectivity index is 2.47. The van der Waals surface area contributed by atoms with Gasteiger partial charge >= 0.3 is 6.18 Å². The molecular weight excluding hydrogens is 205 g/mol. The molecule has 1 rings (SSSR count). The molecule has 0 amide bonds. The molecule has 0 radical (unpaired) electrons. The van der Waals surface area contributed by atoms with E-state index >= 15 is 0 Å². The molecule has 0 spiro atoms. The van der Waals surface area contributed by atoms with Crippen LogP contribution in [0.2, 0.25) is 0 Å². The van der Waals surface area contributed by atoms with Crippen LogP contribution in [-0.2, 0) is 6.42 Å². The zero-order valence-electron chi connectivity index (χ0n) is 8.38. The van der Waals surface area contributed by atoms with Crippen LogP contribution in [0.4, 0.5) is 13.2 Å². The number of aliphatic hydroxyl groups is 1. The van der Waals surface area contributed by atoms with Crippen molar-refractivity contribution >= 4 is 0 Å². The van der Waals surface area contributed by atoms with E-state index in [-0.39, 0.29) is 12.8 Å². The van der Waals surface area contributed by atoms with Crippen molar-refractivity contribution in [1.82, 2.24) is 0 Å². The summed E-state index contributed by atoms with van der Waals surface area (Å²) in [6.07, 6.45) is -6.78. The molecule has 1 N–H and O–H groups in total. The molecule has 1 aromatic rings. The molecule has 1 atom stereocenters. The van der Waals surface area contributed by atoms with Crippen molar-refractivity contribution in [3.05, 3.63) is 35.4 Å². The number of aryl methyl sites for hydroxylation is 2. The summed E-state index contributed by atoms with van der Waals surface area (Å²) in [7, 11) is 0. The van der Waals surface area contributed by atoms with E-state index in [1.807, 2.05) is 19.1 Å². The van der Waals surface area contributed by atoms with Gasteiger partial charge in [-0.15, -0.1) is 0 Å². The van der Waals surface area contributed by atoms with Crippen LogP contribution in [0, 0.1) is 6.92 Å². The predicted molar refractivity (Wildman–Crippen MR) is 51.6 cm³/mol. The Morgan fingerprint density at radius 1 is 1.20 bits per heavy atom. The first-order chi connectivity index (χ1) is 6.89. The first kappa shape index (κ1) is 12.0. The first-order valence-corrected chi connectivity index (χ1v) is 4.70. The summed E-state index contributed by atoms with van der Waals surface area (Å²) < 4.78 is 35.9. The molecule has 0 aliphatic rings. The van der Waals surface area contributed by atoms with Crippen molar-refractivity contribution in [3.63, 3.8) is 0 Å². The van der Waals surface area contributed by atoms with Gasteiger partial charge in [0.1, 0.15) is 6.10 Å². The third-order valence-corrected chi connectivity index (χ3v) is 2.20. The summed E-state index contributed by atoms with van der Waals surface area (Å²) >= 11 is 0. The molecule has 0 aromatic heterocycles. The predicted octanol–water partition coefficient (Wildman–Crippen LogP) is 2.85. The van der Waals surface area contributed by atoms with Gasteiger partial charge in [-0.05, 0) is 25.3 Å². The van der Waals surface area contributed by atoms with Crippen LogP contribution in [0.15, 0.2) is 24.3 Å². The topological polar surface area (TPSA) is 20.2 Å². The highest BCUT2D eigenvalue weighted by Crippen LogP contribution is 2.23. The lowest BCUT2D eigenvalue weighted by Gasteiger charge is -2.14. The fourth-order valence-corrected chi connectivity index (χ4v) is 1.22. The zero-order chi connectivity index (χ0) is 11.5. The lowest BCUT2D eigenvalue weighted by molar-refractivity contribution is -0.205. The van der Waals surface area contributed by atoms with Gasteiger partial charge in [0.15, 0.2) is 0 Å². The minimum absolute atomic E-state index is 0.237. The van der Waals surface area contributed by atoms with Crippen LogP contribution in [0.25, 0.3) is 0 Å². The normalized spacial score (nSPS) is 13.9. The Morgan fingerprint density at radius 3 is 2.20 bits per heavy atom. The Bertz CT molecular complexity index is 303. The zero-order valence-corrected chi connectivity index (χ0v) is 8.38. The standard InChI is InChI=1S/C11H13F3O/c1-8-2-4-9(5-3-8)6-7-10(15)11(12,13)14/h2-5,10,15H,6-7H2,1H3. The average Bonchev–Trinajstić information content (AvgIpc) is 2.15. The van der Waals surface area contributed by atoms with Crippen LogP contribution in [0.1, 0.15) is 17.5 Å². The molecule has 0 bridgehead atoms. The van der Waals surface area contributed by atoms with Gasteiger partial charge in [0, 0.05) is 0 Å². The van der Waals surface area contributed by atoms with Crippen molar-refractivity contribution in [2.45, 2.75) is 32.0 Å². The second-order valence-electron chi connectivity index (χ2n) is 3.58. The average molecular weight is 218 g/mol. The second-order valence-corrected chi connectivity index (χ2v) is 3.58. The maximum absolute atomic E-state index is 12.0. The Hall–Kier alpha value is -1.03. The van der Waals surface area contributed by atoms with Crippen molar-refractivity contribution in [1.29, 1.82) is 0 Å². The third-order valence-electron chi connectivity index (χ3n) is 2.20. The minimum atomic E-state index is -4.51. The van der Waals surface area contributed by atoms with Gasteiger partial charge in [-0.25, -0.2) is 0 Å². The fourth-order valence-electron chi connectivity index (χ4n) is 1.22. The molecule has 0 saturated carbocycles. The highest BCUT2D eigenvalue weighted by atomic mass is 19.4. The number of hydrogen-bond donors (Lipinski definition) is 1. The van der Waals surface area contributed by atoms with Crippen LogP contribution >= 0.6 is 0 Å². The summed E-state index contributed by atoms with van der Waals surface area (Å²) in [5.74, 6) is 0. The molecule has 4 heteroatoms. The van der Waals surface area contributed by atoms with Crippen LogP contribution in [0.3, 0.4) is 0 Å². The lowest BCUT2D eigenvalue weighted by atomic mass is 10.1. The molecule has 1 aromatic carbocycles. The molecule has 84 valence electrons. The summed E-state index contributed by atoms with van der Waals surface area (Å²) in [6, 6.07) is 7.24. The van der Waals surface area contributed by atoms with E-state index < -0.39 is 12.3 Å². The number of hydrogen-bond acceptors (Lipinski definition) is 1. The minimum Gasteiger partial charge on any atom is -0.384 e. The van der Waals surface area contributed by atoms with Gasteiger partial charge in [-0.1, -0.05) is 29.8 Å². The largest absolute Gasteiger partial charge is 0.414 e. The third kappa shape index (κ3) is 3.91. The fraction of sp³-hybridized carbons (Fsp3) is 0.455. The molecule has 0 aliphatic heterocycles. The van der Waals surface area contributed by atoms with Crippen LogP contribution < -0.4 is 0 Å². The molecule has 1 unspecified atom stereocenters. The second kappa shape index (κ2) is 4.66. The monoisotopic (exact) mass is 218 g/mol. The quantitative estimate of drug-likeness (QED) is 0.827. The van der Waals surface area contributed by atoms with E-state index in [0.717, 1.165) is 11.1 Å². The van der Waals surface area contributed by atoms with Gasteiger partial charge in [0.2, 0.25) is 0 Å². The Morgan fingerprint density at radius 2 is 1.73 bits per heavy atom. The van der Waals surface area contributed by atoms with Gasteiger partial charge in [-0.2, -0.15) is 13.2 Å². The molecule has 0 fully saturated rings. The molecular formula is C11H13F3O. The van der Waals surface area contributed by atoms with Gasteiger partial charge in [0.25, 0.3) is 0 Å². The summed E-state index contributed by atoms with van der Waals surface area (Å²) in [5.41, 5.74) is 1.87. The van der Waals surface area contributed by atoms with Gasteiger partial charge < -0.3 is 5.11 Å². The van der Waals surface area contributed by atoms with E-state index in [9.17, 15) is 13.2 Å². The van der Waals surface area contributed by atoms with Crippen molar-refractivity contribution < 1.29 is 18.3 Å². The Kier molecular flexibility index (Phi) is 3.74. The highest BCUT2D eigenvalue weighted by molar-refractivity contribution is 5.21. The van der Waals surface area contributed by atoms with Crippen molar-refractivity contribution in [2.75, 3.05) is 0 Å². The highest BCUT2D eigenvalue weighted by Gasteiger charge is 2.37. The molecule has 1 nitrogen and oxygen atoms in total. The molecule has 15 heavy (non-hydrogen) atoms. The van der Waals surface area contributed by atoms with E-state index in [4.69, 9.17) is 5.11 Å². The van der Waals surface area contributed by atoms with Crippen LogP contribution in [-0.4, -0.2) is 17.4 Å². The summed E-state index contributed by atoms with van der Waals surface area (Å²) in [5, 5.41) is 8.78. The van der Waals surface area contributed by atoms with Gasteiger partial charge in [-0.3, -0.25) is 0 Å². The number of alkyl halides is 3. The van der Waals surface area contributed by atoms with E-state index in [2.05, 4.69) is 0 Å². The van der Waals surface area contributed by atoms with E-state index in [1.54, 1.807) is 12.1 Å². The number of halogens is 3. The lowest BCUT2D eigenvalue weighted by Crippen LogP contribution is -2.28. The maximum atomic E-state index is 12.0. The maximum Gasteiger partial charge on any atom is 0.414 e. The summed E-state index contributed by atoms with van der Waals surface area (Å²) in [4.78, 5) is 0. The SMILES string of the molecule is Cc1ccc(CCC(O)C(F)(F)F)cc1. The van der Waals surface area contributed by atoms with Crippen molar-refractivity contribution in [3.8, 4) is 0 Å². The first-order valence-electron chi connectivity index (χ1n) is 4.70.